The third-order valence-corrected chi connectivity index (χ3v) is 4.71. The summed E-state index contributed by atoms with van der Waals surface area (Å²) < 4.78 is 37.7. The zero-order valence-electron chi connectivity index (χ0n) is 12.1. The Bertz CT molecular complexity index is 497. The Kier molecular flexibility index (Phi) is 2.96. The summed E-state index contributed by atoms with van der Waals surface area (Å²) in [6.45, 7) is 5.47. The van der Waals surface area contributed by atoms with E-state index in [1.807, 2.05) is 27.7 Å². The summed E-state index contributed by atoms with van der Waals surface area (Å²) in [4.78, 5) is 0. The highest BCUT2D eigenvalue weighted by atomic mass is 19.3. The number of hydrogen-bond donors (Lipinski definition) is 0. The summed E-state index contributed by atoms with van der Waals surface area (Å²) in [6, 6.07) is 0. The van der Waals surface area contributed by atoms with E-state index in [1.165, 1.54) is 12.4 Å². The largest absolute Gasteiger partial charge is 0.343 e. The first-order valence-electron chi connectivity index (χ1n) is 6.89. The van der Waals surface area contributed by atoms with E-state index in [9.17, 15) is 8.78 Å². The second-order valence-electron chi connectivity index (χ2n) is 6.66. The molecule has 1 aliphatic heterocycles. The maximum Gasteiger partial charge on any atom is 0.333 e. The second kappa shape index (κ2) is 4.24. The summed E-state index contributed by atoms with van der Waals surface area (Å²) in [7, 11) is 0. The van der Waals surface area contributed by atoms with Crippen molar-refractivity contribution in [3.63, 3.8) is 0 Å². The van der Waals surface area contributed by atoms with Gasteiger partial charge in [-0.2, -0.15) is 13.9 Å². The summed E-state index contributed by atoms with van der Waals surface area (Å²) in [5.74, 6) is 0.434. The SMILES string of the molecule is CC1(C)OC([C@H]2C[C@@H]2c2cnn(C(F)F)c2)OC1(C)C. The van der Waals surface area contributed by atoms with E-state index in [0.717, 1.165) is 12.0 Å². The second-order valence-corrected chi connectivity index (χ2v) is 6.66. The number of aromatic nitrogens is 2. The normalized spacial score (nSPS) is 31.9. The smallest absolute Gasteiger partial charge is 0.333 e. The molecule has 2 atom stereocenters. The van der Waals surface area contributed by atoms with E-state index >= 15 is 0 Å². The molecule has 1 aromatic heterocycles. The maximum atomic E-state index is 12.5. The van der Waals surface area contributed by atoms with E-state index in [0.29, 0.717) is 4.68 Å². The minimum absolute atomic E-state index is 0.206. The van der Waals surface area contributed by atoms with Crippen LogP contribution in [0.15, 0.2) is 12.4 Å². The van der Waals surface area contributed by atoms with Crippen LogP contribution in [0.5, 0.6) is 0 Å². The molecule has 2 heterocycles. The fourth-order valence-corrected chi connectivity index (χ4v) is 2.61. The van der Waals surface area contributed by atoms with Crippen molar-refractivity contribution in [1.82, 2.24) is 9.78 Å². The molecular weight excluding hydrogens is 266 g/mol. The maximum absolute atomic E-state index is 12.5. The number of hydrogen-bond acceptors (Lipinski definition) is 3. The predicted molar refractivity (Wildman–Crippen MR) is 68.4 cm³/mol. The molecule has 2 fully saturated rings. The van der Waals surface area contributed by atoms with Crippen molar-refractivity contribution in [3.05, 3.63) is 18.0 Å². The van der Waals surface area contributed by atoms with Gasteiger partial charge in [0.05, 0.1) is 17.4 Å². The Morgan fingerprint density at radius 1 is 1.25 bits per heavy atom. The van der Waals surface area contributed by atoms with Gasteiger partial charge in [0.1, 0.15) is 0 Å². The summed E-state index contributed by atoms with van der Waals surface area (Å²) in [5, 5.41) is 3.68. The molecule has 20 heavy (non-hydrogen) atoms. The summed E-state index contributed by atoms with van der Waals surface area (Å²) >= 11 is 0. The molecule has 0 unspecified atom stereocenters. The van der Waals surface area contributed by atoms with Gasteiger partial charge in [-0.1, -0.05) is 0 Å². The predicted octanol–water partition coefficient (Wildman–Crippen LogP) is 3.31. The van der Waals surface area contributed by atoms with E-state index in [4.69, 9.17) is 9.47 Å². The molecule has 0 bridgehead atoms. The Morgan fingerprint density at radius 2 is 1.85 bits per heavy atom. The van der Waals surface area contributed by atoms with Crippen LogP contribution in [0.4, 0.5) is 8.78 Å². The van der Waals surface area contributed by atoms with Gasteiger partial charge in [0.15, 0.2) is 6.29 Å². The highest BCUT2D eigenvalue weighted by Gasteiger charge is 2.56. The molecule has 0 N–H and O–H groups in total. The van der Waals surface area contributed by atoms with Gasteiger partial charge >= 0.3 is 6.55 Å². The lowest BCUT2D eigenvalue weighted by Gasteiger charge is -2.30. The van der Waals surface area contributed by atoms with Gasteiger partial charge in [0.25, 0.3) is 0 Å². The molecule has 6 heteroatoms. The molecule has 1 saturated carbocycles. The lowest BCUT2D eigenvalue weighted by atomic mass is 9.90. The number of alkyl halides is 2. The molecule has 0 spiro atoms. The highest BCUT2D eigenvalue weighted by molar-refractivity contribution is 5.21. The van der Waals surface area contributed by atoms with Crippen LogP contribution < -0.4 is 0 Å². The van der Waals surface area contributed by atoms with Gasteiger partial charge in [0.2, 0.25) is 0 Å². The van der Waals surface area contributed by atoms with Crippen molar-refractivity contribution < 1.29 is 18.3 Å². The first-order valence-corrected chi connectivity index (χ1v) is 6.89. The van der Waals surface area contributed by atoms with E-state index in [2.05, 4.69) is 5.10 Å². The van der Waals surface area contributed by atoms with Gasteiger partial charge in [-0.15, -0.1) is 0 Å². The monoisotopic (exact) mass is 286 g/mol. The third-order valence-electron chi connectivity index (χ3n) is 4.71. The van der Waals surface area contributed by atoms with Crippen LogP contribution in [0.3, 0.4) is 0 Å². The zero-order chi connectivity index (χ0) is 14.7. The van der Waals surface area contributed by atoms with Crippen LogP contribution in [0, 0.1) is 5.92 Å². The molecule has 0 radical (unpaired) electrons. The minimum Gasteiger partial charge on any atom is -0.343 e. The van der Waals surface area contributed by atoms with Gasteiger partial charge in [-0.05, 0) is 45.6 Å². The van der Waals surface area contributed by atoms with Crippen LogP contribution in [0.2, 0.25) is 0 Å². The molecular formula is C14H20F2N2O2. The molecule has 4 nitrogen and oxygen atoms in total. The van der Waals surface area contributed by atoms with Crippen LogP contribution in [-0.4, -0.2) is 27.3 Å². The van der Waals surface area contributed by atoms with E-state index < -0.39 is 6.55 Å². The quantitative estimate of drug-likeness (QED) is 0.855. The van der Waals surface area contributed by atoms with Gasteiger partial charge in [-0.3, -0.25) is 0 Å². The molecule has 0 aromatic carbocycles. The highest BCUT2D eigenvalue weighted by Crippen LogP contribution is 2.55. The lowest BCUT2D eigenvalue weighted by molar-refractivity contribution is -0.101. The number of ether oxygens (including phenoxy) is 2. The molecule has 2 aliphatic rings. The van der Waals surface area contributed by atoms with Crippen LogP contribution in [0.25, 0.3) is 0 Å². The minimum atomic E-state index is -2.59. The Hall–Kier alpha value is -1.01. The molecule has 3 rings (SSSR count). The van der Waals surface area contributed by atoms with Crippen LogP contribution >= 0.6 is 0 Å². The molecule has 1 aliphatic carbocycles. The van der Waals surface area contributed by atoms with Crippen molar-refractivity contribution in [2.24, 2.45) is 5.92 Å². The topological polar surface area (TPSA) is 36.3 Å². The lowest BCUT2D eigenvalue weighted by Crippen LogP contribution is -2.41. The Morgan fingerprint density at radius 3 is 2.35 bits per heavy atom. The van der Waals surface area contributed by atoms with Crippen molar-refractivity contribution in [2.45, 2.75) is 64.1 Å². The summed E-state index contributed by atoms with van der Waals surface area (Å²) in [5.41, 5.74) is 0.139. The standard InChI is InChI=1S/C14H20F2N2O2/c1-13(2)14(3,4)20-11(19-13)10-5-9(10)8-6-17-18(7-8)12(15)16/h6-7,9-12H,5H2,1-4H3/t9-,10+/m1/s1. The van der Waals surface area contributed by atoms with Crippen LogP contribution in [0.1, 0.15) is 52.1 Å². The average molecular weight is 286 g/mol. The first-order chi connectivity index (χ1) is 9.21. The van der Waals surface area contributed by atoms with E-state index in [-0.39, 0.29) is 29.3 Å². The van der Waals surface area contributed by atoms with Crippen LogP contribution in [-0.2, 0) is 9.47 Å². The zero-order valence-corrected chi connectivity index (χ0v) is 12.1. The fraction of sp³-hybridized carbons (Fsp3) is 0.786. The molecule has 1 saturated heterocycles. The first kappa shape index (κ1) is 13.9. The van der Waals surface area contributed by atoms with Gasteiger partial charge < -0.3 is 9.47 Å². The van der Waals surface area contributed by atoms with Gasteiger partial charge in [-0.25, -0.2) is 4.68 Å². The Balaban J connectivity index is 1.68. The number of nitrogens with zero attached hydrogens (tertiary/aromatic N) is 2. The number of rotatable bonds is 3. The van der Waals surface area contributed by atoms with Crippen molar-refractivity contribution in [1.29, 1.82) is 0 Å². The van der Waals surface area contributed by atoms with Crippen molar-refractivity contribution in [3.8, 4) is 0 Å². The fourth-order valence-electron chi connectivity index (χ4n) is 2.61. The van der Waals surface area contributed by atoms with E-state index in [1.54, 1.807) is 0 Å². The average Bonchev–Trinajstić information content (AvgIpc) is 2.89. The van der Waals surface area contributed by atoms with Gasteiger partial charge in [0, 0.05) is 12.1 Å². The summed E-state index contributed by atoms with van der Waals surface area (Å²) in [6.07, 6.45) is 3.56. The molecule has 0 amide bonds. The third kappa shape index (κ3) is 2.15. The number of halogens is 2. The molecule has 1 aromatic rings. The van der Waals surface area contributed by atoms with Crippen molar-refractivity contribution in [2.75, 3.05) is 0 Å². The van der Waals surface area contributed by atoms with Crippen molar-refractivity contribution >= 4 is 0 Å². The Labute approximate surface area is 117 Å². The molecule has 112 valence electrons.